The van der Waals surface area contributed by atoms with Crippen molar-refractivity contribution in [2.24, 2.45) is 0 Å². The third-order valence-corrected chi connectivity index (χ3v) is 4.73. The minimum absolute atomic E-state index is 0.575. The topological polar surface area (TPSA) is 40.7 Å². The maximum absolute atomic E-state index is 5.79. The highest BCUT2D eigenvalue weighted by molar-refractivity contribution is 7.73. The molecule has 0 fully saturated rings. The maximum Gasteiger partial charge on any atom is 0.183 e. The maximum atomic E-state index is 5.79. The van der Waals surface area contributed by atoms with Gasteiger partial charge in [0.25, 0.3) is 0 Å². The van der Waals surface area contributed by atoms with Crippen LogP contribution in [0.25, 0.3) is 10.2 Å². The van der Waals surface area contributed by atoms with Crippen LogP contribution in [0.3, 0.4) is 0 Å². The fourth-order valence-electron chi connectivity index (χ4n) is 1.61. The number of halogens is 1. The van der Waals surface area contributed by atoms with Gasteiger partial charge < -0.3 is 10.3 Å². The molecule has 1 aromatic carbocycles. The molecule has 0 saturated heterocycles. The van der Waals surface area contributed by atoms with Gasteiger partial charge in [0.15, 0.2) is 8.42 Å². The van der Waals surface area contributed by atoms with E-state index in [0.717, 1.165) is 31.3 Å². The molecular formula is C11H8ClN3S3. The molecule has 18 heavy (non-hydrogen) atoms. The van der Waals surface area contributed by atoms with E-state index in [1.807, 2.05) is 12.1 Å². The van der Waals surface area contributed by atoms with Crippen LogP contribution in [-0.4, -0.2) is 9.97 Å². The zero-order valence-electron chi connectivity index (χ0n) is 9.07. The van der Waals surface area contributed by atoms with Gasteiger partial charge in [0, 0.05) is 16.8 Å². The van der Waals surface area contributed by atoms with Crippen molar-refractivity contribution < 1.29 is 0 Å². The average molecular weight is 314 g/mol. The number of fused-ring (bicyclic) bond motifs is 1. The number of thiazole rings is 2. The molecule has 0 bridgehead atoms. The summed E-state index contributed by atoms with van der Waals surface area (Å²) in [6.45, 7) is 0.728. The number of aromatic amines is 1. The average Bonchev–Trinajstić information content (AvgIpc) is 2.90. The van der Waals surface area contributed by atoms with Crippen molar-refractivity contribution in [1.29, 1.82) is 0 Å². The van der Waals surface area contributed by atoms with Gasteiger partial charge in [-0.15, -0.1) is 22.7 Å². The molecule has 3 aromatic rings. The van der Waals surface area contributed by atoms with Crippen LogP contribution in [0.5, 0.6) is 0 Å². The summed E-state index contributed by atoms with van der Waals surface area (Å²) in [5, 5.41) is 3.35. The number of nitrogens with one attached hydrogen (secondary N) is 2. The summed E-state index contributed by atoms with van der Waals surface area (Å²) in [6.07, 6.45) is 1.79. The molecule has 2 N–H and O–H groups in total. The summed E-state index contributed by atoms with van der Waals surface area (Å²) >= 11 is 14.0. The molecule has 0 radical (unpaired) electrons. The fraction of sp³-hybridized carbons (Fsp3) is 0.0909. The highest BCUT2D eigenvalue weighted by atomic mass is 35.5. The highest BCUT2D eigenvalue weighted by Crippen LogP contribution is 2.24. The number of nitrogens with zero attached hydrogens (tertiary/aromatic N) is 1. The van der Waals surface area contributed by atoms with Gasteiger partial charge in [-0.1, -0.05) is 11.6 Å². The van der Waals surface area contributed by atoms with E-state index in [9.17, 15) is 0 Å². The second-order valence-electron chi connectivity index (χ2n) is 3.66. The summed E-state index contributed by atoms with van der Waals surface area (Å²) in [5.41, 5.74) is 2.15. The van der Waals surface area contributed by atoms with E-state index in [-0.39, 0.29) is 0 Å². The lowest BCUT2D eigenvalue weighted by Crippen LogP contribution is -1.96. The summed E-state index contributed by atoms with van der Waals surface area (Å²) in [5.74, 6) is 0. The van der Waals surface area contributed by atoms with E-state index in [1.54, 1.807) is 17.5 Å². The molecule has 3 nitrogen and oxygen atoms in total. The second kappa shape index (κ2) is 4.97. The van der Waals surface area contributed by atoms with E-state index in [2.05, 4.69) is 21.4 Å². The van der Waals surface area contributed by atoms with Gasteiger partial charge in [0.2, 0.25) is 0 Å². The van der Waals surface area contributed by atoms with E-state index in [0.29, 0.717) is 4.47 Å². The lowest BCUT2D eigenvalue weighted by Gasteiger charge is -2.03. The molecule has 0 unspecified atom stereocenters. The Morgan fingerprint density at radius 2 is 2.28 bits per heavy atom. The van der Waals surface area contributed by atoms with Crippen LogP contribution in [-0.2, 0) is 6.54 Å². The van der Waals surface area contributed by atoms with Crippen LogP contribution in [0.1, 0.15) is 4.88 Å². The monoisotopic (exact) mass is 313 g/mol. The van der Waals surface area contributed by atoms with Crippen LogP contribution in [0, 0.1) is 3.95 Å². The number of hydrogen-bond acceptors (Lipinski definition) is 5. The fourth-order valence-corrected chi connectivity index (χ4v) is 3.68. The van der Waals surface area contributed by atoms with Gasteiger partial charge in [0.05, 0.1) is 16.8 Å². The highest BCUT2D eigenvalue weighted by Gasteiger charge is 2.01. The summed E-state index contributed by atoms with van der Waals surface area (Å²) < 4.78 is 2.54. The van der Waals surface area contributed by atoms with Crippen LogP contribution >= 0.6 is 46.5 Å². The second-order valence-corrected chi connectivity index (χ2v) is 7.07. The molecule has 0 spiro atoms. The number of hydrogen-bond donors (Lipinski definition) is 2. The Balaban J connectivity index is 1.80. The molecule has 2 heterocycles. The number of rotatable bonds is 3. The van der Waals surface area contributed by atoms with Crippen molar-refractivity contribution in [3.8, 4) is 0 Å². The largest absolute Gasteiger partial charge is 0.380 e. The van der Waals surface area contributed by atoms with Gasteiger partial charge >= 0.3 is 0 Å². The van der Waals surface area contributed by atoms with Crippen molar-refractivity contribution in [3.05, 3.63) is 37.7 Å². The summed E-state index contributed by atoms with van der Waals surface area (Å²) in [4.78, 5) is 8.27. The molecule has 3 rings (SSSR count). The van der Waals surface area contributed by atoms with Crippen molar-refractivity contribution in [2.45, 2.75) is 6.54 Å². The third-order valence-electron chi connectivity index (χ3n) is 2.41. The van der Waals surface area contributed by atoms with Crippen molar-refractivity contribution in [3.63, 3.8) is 0 Å². The quantitative estimate of drug-likeness (QED) is 0.690. The Hall–Kier alpha value is -0.950. The van der Waals surface area contributed by atoms with Gasteiger partial charge in [-0.3, -0.25) is 0 Å². The first kappa shape index (κ1) is 12.1. The first-order valence-electron chi connectivity index (χ1n) is 5.18. The van der Waals surface area contributed by atoms with Gasteiger partial charge in [-0.2, -0.15) is 0 Å². The van der Waals surface area contributed by atoms with Crippen LogP contribution in [0.15, 0.2) is 24.4 Å². The molecule has 0 aliphatic heterocycles. The minimum atomic E-state index is 0.575. The molecule has 0 saturated carbocycles. The number of anilines is 1. The number of aromatic nitrogens is 2. The van der Waals surface area contributed by atoms with Crippen molar-refractivity contribution in [2.75, 3.05) is 5.32 Å². The summed E-state index contributed by atoms with van der Waals surface area (Å²) in [6, 6.07) is 6.15. The normalized spacial score (nSPS) is 10.9. The van der Waals surface area contributed by atoms with E-state index in [1.165, 1.54) is 11.3 Å². The SMILES string of the molecule is S=c1[nH]c2ccc(NCc3cnc(Cl)s3)cc2s1. The first-order valence-corrected chi connectivity index (χ1v) is 7.59. The van der Waals surface area contributed by atoms with Crippen molar-refractivity contribution >= 4 is 62.4 Å². The molecule has 0 amide bonds. The smallest absolute Gasteiger partial charge is 0.183 e. The Morgan fingerprint density at radius 3 is 3.06 bits per heavy atom. The third kappa shape index (κ3) is 2.56. The zero-order valence-corrected chi connectivity index (χ0v) is 12.3. The van der Waals surface area contributed by atoms with E-state index in [4.69, 9.17) is 23.8 Å². The Morgan fingerprint density at radius 1 is 1.39 bits per heavy atom. The van der Waals surface area contributed by atoms with Crippen LogP contribution in [0.4, 0.5) is 5.69 Å². The molecule has 0 atom stereocenters. The molecule has 92 valence electrons. The zero-order chi connectivity index (χ0) is 12.5. The predicted molar refractivity (Wildman–Crippen MR) is 81.5 cm³/mol. The molecule has 2 aromatic heterocycles. The Bertz CT molecular complexity index is 743. The summed E-state index contributed by atoms with van der Waals surface area (Å²) in [7, 11) is 0. The molecule has 0 aliphatic carbocycles. The van der Waals surface area contributed by atoms with E-state index >= 15 is 0 Å². The predicted octanol–water partition coefficient (Wildman–Crippen LogP) is 4.68. The van der Waals surface area contributed by atoms with Gasteiger partial charge in [-0.05, 0) is 30.4 Å². The Kier molecular flexibility index (Phi) is 3.34. The lowest BCUT2D eigenvalue weighted by atomic mass is 10.3. The lowest BCUT2D eigenvalue weighted by molar-refractivity contribution is 1.18. The van der Waals surface area contributed by atoms with E-state index < -0.39 is 0 Å². The first-order chi connectivity index (χ1) is 8.70. The van der Waals surface area contributed by atoms with Gasteiger partial charge in [-0.25, -0.2) is 4.98 Å². The molecular weight excluding hydrogens is 306 g/mol. The standard InChI is InChI=1S/C11H8ClN3S3/c12-10-14-5-7(17-10)4-13-6-1-2-8-9(3-6)18-11(16)15-8/h1-3,5,13H,4H2,(H,15,16). The van der Waals surface area contributed by atoms with Crippen LogP contribution in [0.2, 0.25) is 4.47 Å². The Labute approximate surface area is 121 Å². The minimum Gasteiger partial charge on any atom is -0.380 e. The molecule has 7 heteroatoms. The van der Waals surface area contributed by atoms with Gasteiger partial charge in [0.1, 0.15) is 0 Å². The number of benzene rings is 1. The molecule has 0 aliphatic rings. The van der Waals surface area contributed by atoms with Crippen molar-refractivity contribution in [1.82, 2.24) is 9.97 Å². The number of H-pyrrole nitrogens is 1. The van der Waals surface area contributed by atoms with Crippen LogP contribution < -0.4 is 5.32 Å².